The maximum absolute atomic E-state index is 13.0. The van der Waals surface area contributed by atoms with E-state index in [9.17, 15) is 4.79 Å². The molecule has 0 saturated heterocycles. The molecule has 25 heavy (non-hydrogen) atoms. The molecular formula is C21H20N2O2. The fourth-order valence-corrected chi connectivity index (χ4v) is 3.29. The summed E-state index contributed by atoms with van der Waals surface area (Å²) < 4.78 is 6.07. The zero-order valence-corrected chi connectivity index (χ0v) is 14.4. The molecule has 0 fully saturated rings. The molecule has 0 unspecified atom stereocenters. The zero-order chi connectivity index (χ0) is 17.4. The molecule has 2 aromatic carbocycles. The summed E-state index contributed by atoms with van der Waals surface area (Å²) in [4.78, 5) is 19.1. The van der Waals surface area contributed by atoms with Crippen LogP contribution < -0.4 is 4.74 Å². The van der Waals surface area contributed by atoms with E-state index in [-0.39, 0.29) is 5.91 Å². The normalized spacial score (nSPS) is 13.8. The van der Waals surface area contributed by atoms with Crippen LogP contribution in [0.5, 0.6) is 5.75 Å². The Morgan fingerprint density at radius 1 is 1.04 bits per heavy atom. The van der Waals surface area contributed by atoms with Gasteiger partial charge in [0.25, 0.3) is 5.91 Å². The van der Waals surface area contributed by atoms with Crippen LogP contribution in [-0.2, 0) is 17.9 Å². The first-order valence-electron chi connectivity index (χ1n) is 8.43. The first-order chi connectivity index (χ1) is 12.0. The molecule has 4 heteroatoms. The van der Waals surface area contributed by atoms with Gasteiger partial charge >= 0.3 is 0 Å². The van der Waals surface area contributed by atoms with Gasteiger partial charge in [0.05, 0.1) is 12.2 Å². The number of ether oxygens (including phenoxy) is 1. The third-order valence-electron chi connectivity index (χ3n) is 4.58. The van der Waals surface area contributed by atoms with Crippen LogP contribution in [-0.4, -0.2) is 21.4 Å². The Kier molecular flexibility index (Phi) is 3.68. The van der Waals surface area contributed by atoms with Gasteiger partial charge in [-0.3, -0.25) is 9.78 Å². The van der Waals surface area contributed by atoms with Crippen molar-refractivity contribution in [2.24, 2.45) is 0 Å². The van der Waals surface area contributed by atoms with Crippen molar-refractivity contribution >= 4 is 16.7 Å². The predicted molar refractivity (Wildman–Crippen MR) is 97.1 cm³/mol. The van der Waals surface area contributed by atoms with Gasteiger partial charge in [-0.05, 0) is 48.4 Å². The first kappa shape index (κ1) is 15.6. The lowest BCUT2D eigenvalue weighted by Crippen LogP contribution is -2.46. The Hall–Kier alpha value is -2.88. The molecule has 0 atom stereocenters. The Morgan fingerprint density at radius 2 is 1.84 bits per heavy atom. The maximum Gasteiger partial charge on any atom is 0.266 e. The van der Waals surface area contributed by atoms with E-state index >= 15 is 0 Å². The number of nitrogens with zero attached hydrogens (tertiary/aromatic N) is 2. The second-order valence-corrected chi connectivity index (χ2v) is 6.89. The van der Waals surface area contributed by atoms with Crippen molar-refractivity contribution in [3.63, 3.8) is 0 Å². The number of carbonyl (C=O) groups excluding carboxylic acids is 1. The standard InChI is InChI=1S/C21H20N2O2/c1-21(2,20(24)23-13-17-8-5-11-22-19(17)14-23)25-18-10-9-15-6-3-4-7-16(15)12-18/h3-12H,13-14H2,1-2H3. The summed E-state index contributed by atoms with van der Waals surface area (Å²) in [7, 11) is 0. The fraction of sp³-hybridized carbons (Fsp3) is 0.238. The molecule has 1 aromatic heterocycles. The average molecular weight is 332 g/mol. The fourth-order valence-electron chi connectivity index (χ4n) is 3.29. The van der Waals surface area contributed by atoms with Crippen LogP contribution in [0, 0.1) is 0 Å². The summed E-state index contributed by atoms with van der Waals surface area (Å²) >= 11 is 0. The summed E-state index contributed by atoms with van der Waals surface area (Å²) in [6, 6.07) is 17.9. The van der Waals surface area contributed by atoms with Crippen LogP contribution >= 0.6 is 0 Å². The Bertz CT molecular complexity index is 924. The van der Waals surface area contributed by atoms with Gasteiger partial charge in [0.2, 0.25) is 0 Å². The SMILES string of the molecule is CC(C)(Oc1ccc2ccccc2c1)C(=O)N1Cc2cccnc2C1. The lowest BCUT2D eigenvalue weighted by Gasteiger charge is -2.29. The molecule has 0 aliphatic carbocycles. The number of hydrogen-bond donors (Lipinski definition) is 0. The molecule has 0 radical (unpaired) electrons. The molecule has 1 aliphatic rings. The Labute approximate surface area is 147 Å². The van der Waals surface area contributed by atoms with E-state index < -0.39 is 5.60 Å². The number of hydrogen-bond acceptors (Lipinski definition) is 3. The number of fused-ring (bicyclic) bond motifs is 2. The smallest absolute Gasteiger partial charge is 0.266 e. The predicted octanol–water partition coefficient (Wildman–Crippen LogP) is 3.93. The number of pyridine rings is 1. The molecule has 1 amide bonds. The summed E-state index contributed by atoms with van der Waals surface area (Å²) in [6.07, 6.45) is 1.77. The number of benzene rings is 2. The highest BCUT2D eigenvalue weighted by atomic mass is 16.5. The molecule has 0 spiro atoms. The third-order valence-corrected chi connectivity index (χ3v) is 4.58. The lowest BCUT2D eigenvalue weighted by atomic mass is 10.1. The first-order valence-corrected chi connectivity index (χ1v) is 8.43. The van der Waals surface area contributed by atoms with Crippen LogP contribution in [0.1, 0.15) is 25.1 Å². The minimum Gasteiger partial charge on any atom is -0.478 e. The molecule has 2 heterocycles. The van der Waals surface area contributed by atoms with E-state index in [4.69, 9.17) is 4.74 Å². The second kappa shape index (κ2) is 5.88. The van der Waals surface area contributed by atoms with E-state index in [1.807, 2.05) is 62.4 Å². The molecular weight excluding hydrogens is 312 g/mol. The monoisotopic (exact) mass is 332 g/mol. The van der Waals surface area contributed by atoms with Crippen LogP contribution in [0.15, 0.2) is 60.8 Å². The highest BCUT2D eigenvalue weighted by Crippen LogP contribution is 2.28. The Morgan fingerprint density at radius 3 is 2.64 bits per heavy atom. The number of aromatic nitrogens is 1. The van der Waals surface area contributed by atoms with Crippen LogP contribution in [0.25, 0.3) is 10.8 Å². The third kappa shape index (κ3) is 2.95. The second-order valence-electron chi connectivity index (χ2n) is 6.89. The van der Waals surface area contributed by atoms with Crippen LogP contribution in [0.2, 0.25) is 0 Å². The summed E-state index contributed by atoms with van der Waals surface area (Å²) in [6.45, 7) is 4.77. The van der Waals surface area contributed by atoms with Gasteiger partial charge in [-0.25, -0.2) is 0 Å². The van der Waals surface area contributed by atoms with Crippen molar-refractivity contribution in [1.29, 1.82) is 0 Å². The zero-order valence-electron chi connectivity index (χ0n) is 14.4. The number of rotatable bonds is 3. The van der Waals surface area contributed by atoms with Crippen molar-refractivity contribution in [1.82, 2.24) is 9.88 Å². The quantitative estimate of drug-likeness (QED) is 0.730. The number of amides is 1. The van der Waals surface area contributed by atoms with Gasteiger partial charge in [0, 0.05) is 12.7 Å². The van der Waals surface area contributed by atoms with E-state index in [2.05, 4.69) is 11.1 Å². The molecule has 3 aromatic rings. The van der Waals surface area contributed by atoms with Crippen molar-refractivity contribution in [2.75, 3.05) is 0 Å². The molecule has 4 rings (SSSR count). The minimum atomic E-state index is -0.940. The molecule has 0 saturated carbocycles. The highest BCUT2D eigenvalue weighted by molar-refractivity contribution is 5.86. The summed E-state index contributed by atoms with van der Waals surface area (Å²) in [5, 5.41) is 2.25. The van der Waals surface area contributed by atoms with Crippen molar-refractivity contribution in [3.05, 3.63) is 72.1 Å². The van der Waals surface area contributed by atoms with E-state index in [0.29, 0.717) is 18.8 Å². The van der Waals surface area contributed by atoms with E-state index in [1.54, 1.807) is 11.1 Å². The van der Waals surface area contributed by atoms with Crippen molar-refractivity contribution < 1.29 is 9.53 Å². The number of carbonyl (C=O) groups is 1. The summed E-state index contributed by atoms with van der Waals surface area (Å²) in [5.74, 6) is 0.672. The Balaban J connectivity index is 1.53. The van der Waals surface area contributed by atoms with Crippen molar-refractivity contribution in [3.8, 4) is 5.75 Å². The van der Waals surface area contributed by atoms with E-state index in [0.717, 1.165) is 22.0 Å². The molecule has 0 bridgehead atoms. The van der Waals surface area contributed by atoms with Gasteiger partial charge in [-0.15, -0.1) is 0 Å². The van der Waals surface area contributed by atoms with Crippen LogP contribution in [0.4, 0.5) is 0 Å². The van der Waals surface area contributed by atoms with Gasteiger partial charge in [-0.2, -0.15) is 0 Å². The maximum atomic E-state index is 13.0. The molecule has 4 nitrogen and oxygen atoms in total. The molecule has 1 aliphatic heterocycles. The average Bonchev–Trinajstić information content (AvgIpc) is 3.04. The minimum absolute atomic E-state index is 0.0290. The lowest BCUT2D eigenvalue weighted by molar-refractivity contribution is -0.146. The largest absolute Gasteiger partial charge is 0.478 e. The topological polar surface area (TPSA) is 42.4 Å². The van der Waals surface area contributed by atoms with Crippen LogP contribution in [0.3, 0.4) is 0 Å². The van der Waals surface area contributed by atoms with Crippen molar-refractivity contribution in [2.45, 2.75) is 32.5 Å². The highest BCUT2D eigenvalue weighted by Gasteiger charge is 2.37. The van der Waals surface area contributed by atoms with Gasteiger partial charge in [0.15, 0.2) is 5.60 Å². The summed E-state index contributed by atoms with van der Waals surface area (Å²) in [5.41, 5.74) is 1.14. The van der Waals surface area contributed by atoms with E-state index in [1.165, 1.54) is 0 Å². The van der Waals surface area contributed by atoms with Gasteiger partial charge in [0.1, 0.15) is 5.75 Å². The molecule has 126 valence electrons. The molecule has 0 N–H and O–H groups in total. The van der Waals surface area contributed by atoms with Gasteiger partial charge in [-0.1, -0.05) is 36.4 Å². The van der Waals surface area contributed by atoms with Gasteiger partial charge < -0.3 is 9.64 Å².